The molecule has 1 aromatic carbocycles. The highest BCUT2D eigenvalue weighted by atomic mass is 16.6. The molecule has 0 saturated heterocycles. The third-order valence-electron chi connectivity index (χ3n) is 6.86. The van der Waals surface area contributed by atoms with Crippen molar-refractivity contribution in [3.8, 4) is 11.5 Å². The first-order valence-corrected chi connectivity index (χ1v) is 14.9. The van der Waals surface area contributed by atoms with Gasteiger partial charge >= 0.3 is 11.9 Å². The highest BCUT2D eigenvalue weighted by Crippen LogP contribution is 2.31. The van der Waals surface area contributed by atoms with Crippen LogP contribution in [0.5, 0.6) is 11.5 Å². The second kappa shape index (κ2) is 18.9. The van der Waals surface area contributed by atoms with E-state index in [2.05, 4.69) is 13.8 Å². The molecule has 0 aliphatic heterocycles. The molecule has 0 aliphatic carbocycles. The Hall–Kier alpha value is -2.21. The Balaban J connectivity index is 2.79. The highest BCUT2D eigenvalue weighted by molar-refractivity contribution is 6.01. The first-order valence-electron chi connectivity index (χ1n) is 14.9. The number of carbonyl (C=O) groups is 3. The predicted molar refractivity (Wildman–Crippen MR) is 155 cm³/mol. The lowest BCUT2D eigenvalue weighted by molar-refractivity contribution is -0.137. The number of hydrogen-bond donors (Lipinski definition) is 1. The molecule has 1 aromatic rings. The van der Waals surface area contributed by atoms with Gasteiger partial charge in [-0.25, -0.2) is 0 Å². The molecule has 0 bridgehead atoms. The van der Waals surface area contributed by atoms with Gasteiger partial charge in [0, 0.05) is 18.4 Å². The fourth-order valence-corrected chi connectivity index (χ4v) is 4.20. The van der Waals surface area contributed by atoms with E-state index >= 15 is 0 Å². The van der Waals surface area contributed by atoms with Crippen molar-refractivity contribution in [2.45, 2.75) is 143 Å². The van der Waals surface area contributed by atoms with Gasteiger partial charge in [-0.2, -0.15) is 0 Å². The Morgan fingerprint density at radius 2 is 1.11 bits per heavy atom. The van der Waals surface area contributed by atoms with Crippen LogP contribution in [-0.4, -0.2) is 23.8 Å². The van der Waals surface area contributed by atoms with Crippen molar-refractivity contribution < 1.29 is 23.9 Å². The minimum Gasteiger partial charge on any atom is -0.423 e. The number of hydrogen-bond acceptors (Lipinski definition) is 6. The van der Waals surface area contributed by atoms with Gasteiger partial charge in [-0.15, -0.1) is 0 Å². The molecule has 38 heavy (non-hydrogen) atoms. The van der Waals surface area contributed by atoms with Crippen LogP contribution in [0.15, 0.2) is 18.2 Å². The van der Waals surface area contributed by atoms with E-state index < -0.39 is 17.4 Å². The average Bonchev–Trinajstić information content (AvgIpc) is 2.87. The molecule has 0 heterocycles. The molecular formula is C32H53NO5. The molecule has 216 valence electrons. The summed E-state index contributed by atoms with van der Waals surface area (Å²) in [7, 11) is 0. The summed E-state index contributed by atoms with van der Waals surface area (Å²) in [4.78, 5) is 38.1. The smallest absolute Gasteiger partial charge is 0.311 e. The van der Waals surface area contributed by atoms with Gasteiger partial charge in [0.25, 0.3) is 0 Å². The Bertz CT molecular complexity index is 843. The molecule has 1 rings (SSSR count). The van der Waals surface area contributed by atoms with Crippen LogP contribution in [0.1, 0.15) is 148 Å². The second-order valence-corrected chi connectivity index (χ2v) is 11.6. The zero-order valence-electron chi connectivity index (χ0n) is 24.7. The summed E-state index contributed by atoms with van der Waals surface area (Å²) in [5, 5.41) is 0. The van der Waals surface area contributed by atoms with Crippen molar-refractivity contribution in [3.05, 3.63) is 23.8 Å². The van der Waals surface area contributed by atoms with Crippen LogP contribution in [0.2, 0.25) is 0 Å². The number of esters is 2. The highest BCUT2D eigenvalue weighted by Gasteiger charge is 2.29. The van der Waals surface area contributed by atoms with E-state index in [1.807, 2.05) is 20.8 Å². The van der Waals surface area contributed by atoms with E-state index in [4.69, 9.17) is 15.2 Å². The Morgan fingerprint density at radius 1 is 0.684 bits per heavy atom. The number of carbonyl (C=O) groups excluding carboxylic acids is 3. The van der Waals surface area contributed by atoms with Gasteiger partial charge in [-0.3, -0.25) is 14.4 Å². The topological polar surface area (TPSA) is 95.7 Å². The molecule has 0 radical (unpaired) electrons. The molecule has 1 atom stereocenters. The van der Waals surface area contributed by atoms with E-state index in [0.29, 0.717) is 12.0 Å². The van der Waals surface area contributed by atoms with Crippen LogP contribution in [-0.2, 0) is 9.59 Å². The predicted octanol–water partition coefficient (Wildman–Crippen LogP) is 8.33. The van der Waals surface area contributed by atoms with E-state index in [1.54, 1.807) is 6.07 Å². The molecule has 0 fully saturated rings. The third kappa shape index (κ3) is 14.1. The lowest BCUT2D eigenvalue weighted by Gasteiger charge is -2.25. The fourth-order valence-electron chi connectivity index (χ4n) is 4.20. The monoisotopic (exact) mass is 531 g/mol. The summed E-state index contributed by atoms with van der Waals surface area (Å²) in [6, 6.07) is 3.87. The minimum absolute atomic E-state index is 0.0952. The Morgan fingerprint density at radius 3 is 1.55 bits per heavy atom. The van der Waals surface area contributed by atoms with Crippen molar-refractivity contribution >= 4 is 17.7 Å². The van der Waals surface area contributed by atoms with Gasteiger partial charge in [0.15, 0.2) is 17.3 Å². The first kappa shape index (κ1) is 33.8. The van der Waals surface area contributed by atoms with Gasteiger partial charge in [0.1, 0.15) is 0 Å². The van der Waals surface area contributed by atoms with Crippen molar-refractivity contribution in [1.29, 1.82) is 0 Å². The second-order valence-electron chi connectivity index (χ2n) is 11.6. The van der Waals surface area contributed by atoms with E-state index in [1.165, 1.54) is 63.5 Å². The maximum absolute atomic E-state index is 13.0. The maximum atomic E-state index is 13.0. The molecule has 6 nitrogen and oxygen atoms in total. The molecule has 0 saturated carbocycles. The lowest BCUT2D eigenvalue weighted by atomic mass is 9.83. The number of ether oxygens (including phenoxy) is 2. The standard InChI is InChI=1S/C32H53NO5/c1-6-8-10-12-14-16-18-20-28(34)37-26-23-22-25(30(36)31(33)32(3,4)5)24-27(26)38-29(35)21-19-17-15-13-11-9-7-2/h22-24,31H,6-21,33H2,1-5H3. The number of rotatable bonds is 20. The summed E-state index contributed by atoms with van der Waals surface area (Å²) in [5.41, 5.74) is 6.09. The van der Waals surface area contributed by atoms with Gasteiger partial charge in [-0.05, 0) is 36.5 Å². The van der Waals surface area contributed by atoms with Gasteiger partial charge < -0.3 is 15.2 Å². The molecule has 6 heteroatoms. The van der Waals surface area contributed by atoms with Gasteiger partial charge in [-0.1, -0.05) is 112 Å². The van der Waals surface area contributed by atoms with Crippen LogP contribution < -0.4 is 15.2 Å². The van der Waals surface area contributed by atoms with Crippen molar-refractivity contribution in [1.82, 2.24) is 0 Å². The summed E-state index contributed by atoms with van der Waals surface area (Å²) in [5.74, 6) is -0.756. The van der Waals surface area contributed by atoms with Crippen molar-refractivity contribution in [3.63, 3.8) is 0 Å². The molecule has 1 unspecified atom stereocenters. The number of Topliss-reactive ketones (excluding diaryl/α,β-unsaturated/α-hetero) is 1. The van der Waals surface area contributed by atoms with Crippen molar-refractivity contribution in [2.75, 3.05) is 0 Å². The Kier molecular flexibility index (Phi) is 16.9. The first-order chi connectivity index (χ1) is 18.1. The zero-order valence-corrected chi connectivity index (χ0v) is 24.7. The summed E-state index contributed by atoms with van der Waals surface area (Å²) in [6.07, 6.45) is 16.0. The average molecular weight is 532 g/mol. The zero-order chi connectivity index (χ0) is 28.4. The summed E-state index contributed by atoms with van der Waals surface area (Å²) in [6.45, 7) is 10.1. The number of benzene rings is 1. The summed E-state index contributed by atoms with van der Waals surface area (Å²) >= 11 is 0. The number of nitrogens with two attached hydrogens (primary N) is 1. The largest absolute Gasteiger partial charge is 0.423 e. The van der Waals surface area contributed by atoms with Crippen molar-refractivity contribution in [2.24, 2.45) is 11.1 Å². The van der Waals surface area contributed by atoms with Crippen LogP contribution in [0.3, 0.4) is 0 Å². The van der Waals surface area contributed by atoms with Crippen LogP contribution >= 0.6 is 0 Å². The van der Waals surface area contributed by atoms with Gasteiger partial charge in [0.2, 0.25) is 0 Å². The summed E-state index contributed by atoms with van der Waals surface area (Å²) < 4.78 is 11.2. The van der Waals surface area contributed by atoms with Crippen LogP contribution in [0.25, 0.3) is 0 Å². The molecular weight excluding hydrogens is 478 g/mol. The van der Waals surface area contributed by atoms with Crippen LogP contribution in [0.4, 0.5) is 0 Å². The van der Waals surface area contributed by atoms with E-state index in [-0.39, 0.29) is 29.7 Å². The quantitative estimate of drug-likeness (QED) is 0.0786. The third-order valence-corrected chi connectivity index (χ3v) is 6.86. The molecule has 2 N–H and O–H groups in total. The SMILES string of the molecule is CCCCCCCCCC(=O)Oc1ccc(C(=O)C(N)C(C)(C)C)cc1OC(=O)CCCCCCCCC. The number of ketones is 1. The molecule has 0 aliphatic rings. The fraction of sp³-hybridized carbons (Fsp3) is 0.719. The molecule has 0 aromatic heterocycles. The lowest BCUT2D eigenvalue weighted by Crippen LogP contribution is -2.42. The maximum Gasteiger partial charge on any atom is 0.311 e. The minimum atomic E-state index is -0.718. The molecule has 0 amide bonds. The van der Waals surface area contributed by atoms with E-state index in [9.17, 15) is 14.4 Å². The molecule has 0 spiro atoms. The van der Waals surface area contributed by atoms with Gasteiger partial charge in [0.05, 0.1) is 6.04 Å². The normalized spacial score (nSPS) is 12.3. The Labute approximate surface area is 231 Å². The number of unbranched alkanes of at least 4 members (excludes halogenated alkanes) is 12. The van der Waals surface area contributed by atoms with Crippen LogP contribution in [0, 0.1) is 5.41 Å². The van der Waals surface area contributed by atoms with E-state index in [0.717, 1.165) is 38.5 Å².